The van der Waals surface area contributed by atoms with Gasteiger partial charge in [-0.05, 0) is 24.6 Å². The van der Waals surface area contributed by atoms with E-state index in [1.54, 1.807) is 19.1 Å². The Balaban J connectivity index is 3.21. The van der Waals surface area contributed by atoms with Crippen LogP contribution in [0, 0.1) is 0 Å². The van der Waals surface area contributed by atoms with E-state index in [2.05, 4.69) is 4.74 Å². The van der Waals surface area contributed by atoms with Crippen molar-refractivity contribution in [3.05, 3.63) is 17.7 Å². The van der Waals surface area contributed by atoms with E-state index in [4.69, 9.17) is 9.47 Å². The van der Waals surface area contributed by atoms with Crippen LogP contribution in [0.4, 0.5) is 0 Å². The maximum Gasteiger partial charge on any atom is 0.312 e. The van der Waals surface area contributed by atoms with Gasteiger partial charge in [-0.1, -0.05) is 0 Å². The first-order valence-electron chi connectivity index (χ1n) is 5.07. The quantitative estimate of drug-likeness (QED) is 0.811. The van der Waals surface area contributed by atoms with Crippen molar-refractivity contribution in [2.45, 2.75) is 12.8 Å². The molecule has 0 radical (unpaired) electrons. The largest absolute Gasteiger partial charge is 0.502 e. The fourth-order valence-electron chi connectivity index (χ4n) is 1.48. The molecule has 0 saturated heterocycles. The van der Waals surface area contributed by atoms with Gasteiger partial charge in [-0.25, -0.2) is 0 Å². The highest BCUT2D eigenvalue weighted by atomic mass is 16.5. The number of phenols is 1. The lowest BCUT2D eigenvalue weighted by atomic mass is 10.0. The molecule has 0 aliphatic rings. The van der Waals surface area contributed by atoms with E-state index in [9.17, 15) is 9.90 Å². The summed E-state index contributed by atoms with van der Waals surface area (Å²) in [6.45, 7) is 1.71. The third-order valence-electron chi connectivity index (χ3n) is 2.56. The van der Waals surface area contributed by atoms with Crippen molar-refractivity contribution in [2.24, 2.45) is 0 Å². The lowest BCUT2D eigenvalue weighted by molar-refractivity contribution is -0.141. The normalized spacial score (nSPS) is 11.8. The fourth-order valence-corrected chi connectivity index (χ4v) is 1.48. The number of methoxy groups -OCH3 is 3. The highest BCUT2D eigenvalue weighted by molar-refractivity contribution is 5.78. The molecule has 94 valence electrons. The molecule has 0 spiro atoms. The summed E-state index contributed by atoms with van der Waals surface area (Å²) < 4.78 is 14.7. The van der Waals surface area contributed by atoms with Crippen LogP contribution >= 0.6 is 0 Å². The lowest BCUT2D eigenvalue weighted by Gasteiger charge is -2.14. The van der Waals surface area contributed by atoms with E-state index in [-0.39, 0.29) is 23.2 Å². The van der Waals surface area contributed by atoms with Crippen molar-refractivity contribution >= 4 is 5.97 Å². The van der Waals surface area contributed by atoms with Crippen LogP contribution in [0.3, 0.4) is 0 Å². The van der Waals surface area contributed by atoms with Gasteiger partial charge in [0.1, 0.15) is 0 Å². The second kappa shape index (κ2) is 5.43. The fraction of sp³-hybridized carbons (Fsp3) is 0.417. The number of carbonyl (C=O) groups excluding carboxylic acids is 1. The topological polar surface area (TPSA) is 65.0 Å². The average Bonchev–Trinajstić information content (AvgIpc) is 2.37. The van der Waals surface area contributed by atoms with Crippen LogP contribution in [-0.2, 0) is 9.53 Å². The zero-order chi connectivity index (χ0) is 13.0. The number of phenolic OH excluding ortho intramolecular Hbond substituents is 1. The van der Waals surface area contributed by atoms with Gasteiger partial charge in [0.25, 0.3) is 0 Å². The van der Waals surface area contributed by atoms with E-state index < -0.39 is 5.92 Å². The van der Waals surface area contributed by atoms with Gasteiger partial charge in [-0.15, -0.1) is 0 Å². The summed E-state index contributed by atoms with van der Waals surface area (Å²) in [5.41, 5.74) is 0.656. The van der Waals surface area contributed by atoms with Crippen LogP contribution in [0.15, 0.2) is 12.1 Å². The first-order chi connectivity index (χ1) is 8.04. The SMILES string of the molecule is COC(=O)C(C)c1cc(OC)c(O)c(OC)c1. The molecule has 0 saturated carbocycles. The molecule has 0 bridgehead atoms. The van der Waals surface area contributed by atoms with E-state index in [1.165, 1.54) is 21.3 Å². The summed E-state index contributed by atoms with van der Waals surface area (Å²) in [4.78, 5) is 11.4. The number of carbonyl (C=O) groups is 1. The van der Waals surface area contributed by atoms with E-state index in [1.807, 2.05) is 0 Å². The molecule has 1 unspecified atom stereocenters. The molecule has 1 aromatic carbocycles. The third kappa shape index (κ3) is 2.61. The zero-order valence-electron chi connectivity index (χ0n) is 10.3. The molecule has 5 heteroatoms. The smallest absolute Gasteiger partial charge is 0.312 e. The Bertz CT molecular complexity index is 388. The van der Waals surface area contributed by atoms with Crippen LogP contribution in [0.5, 0.6) is 17.2 Å². The van der Waals surface area contributed by atoms with Crippen LogP contribution in [0.25, 0.3) is 0 Å². The Morgan fingerprint density at radius 2 is 1.65 bits per heavy atom. The van der Waals surface area contributed by atoms with Gasteiger partial charge in [0.2, 0.25) is 5.75 Å². The Hall–Kier alpha value is -1.91. The molecule has 0 aliphatic carbocycles. The molecule has 1 N–H and O–H groups in total. The molecular formula is C12H16O5. The molecule has 5 nitrogen and oxygen atoms in total. The van der Waals surface area contributed by atoms with Crippen LogP contribution in [0.1, 0.15) is 18.4 Å². The maximum atomic E-state index is 11.4. The van der Waals surface area contributed by atoms with Crippen molar-refractivity contribution in [1.29, 1.82) is 0 Å². The van der Waals surface area contributed by atoms with Crippen LogP contribution < -0.4 is 9.47 Å². The lowest BCUT2D eigenvalue weighted by Crippen LogP contribution is -2.11. The molecular weight excluding hydrogens is 224 g/mol. The van der Waals surface area contributed by atoms with E-state index in [0.29, 0.717) is 5.56 Å². The number of aromatic hydroxyl groups is 1. The van der Waals surface area contributed by atoms with Gasteiger partial charge in [0.05, 0.1) is 27.2 Å². The second-order valence-corrected chi connectivity index (χ2v) is 3.52. The van der Waals surface area contributed by atoms with Gasteiger partial charge < -0.3 is 19.3 Å². The predicted octanol–water partition coefficient (Wildman–Crippen LogP) is 1.69. The Labute approximate surface area is 99.9 Å². The van der Waals surface area contributed by atoms with Crippen LogP contribution in [-0.4, -0.2) is 32.4 Å². The molecule has 1 aromatic rings. The number of hydrogen-bond donors (Lipinski definition) is 1. The van der Waals surface area contributed by atoms with Crippen molar-refractivity contribution < 1.29 is 24.1 Å². The number of ether oxygens (including phenoxy) is 3. The minimum Gasteiger partial charge on any atom is -0.502 e. The highest BCUT2D eigenvalue weighted by Gasteiger charge is 2.20. The summed E-state index contributed by atoms with van der Waals surface area (Å²) in [7, 11) is 4.19. The molecule has 1 atom stereocenters. The zero-order valence-corrected chi connectivity index (χ0v) is 10.3. The summed E-state index contributed by atoms with van der Waals surface area (Å²) in [6, 6.07) is 3.17. The van der Waals surface area contributed by atoms with E-state index >= 15 is 0 Å². The maximum absolute atomic E-state index is 11.4. The highest BCUT2D eigenvalue weighted by Crippen LogP contribution is 2.39. The van der Waals surface area contributed by atoms with Crippen LogP contribution in [0.2, 0.25) is 0 Å². The van der Waals surface area contributed by atoms with Gasteiger partial charge in [-0.3, -0.25) is 4.79 Å². The standard InChI is InChI=1S/C12H16O5/c1-7(12(14)17-4)8-5-9(15-2)11(13)10(6-8)16-3/h5-7,13H,1-4H3. The summed E-state index contributed by atoms with van der Waals surface area (Å²) >= 11 is 0. The van der Waals surface area contributed by atoms with Gasteiger partial charge in [0, 0.05) is 0 Å². The van der Waals surface area contributed by atoms with Crippen molar-refractivity contribution in [3.63, 3.8) is 0 Å². The molecule has 0 aliphatic heterocycles. The molecule has 1 rings (SSSR count). The van der Waals surface area contributed by atoms with Gasteiger partial charge in [-0.2, -0.15) is 0 Å². The monoisotopic (exact) mass is 240 g/mol. The number of esters is 1. The molecule has 0 fully saturated rings. The Kier molecular flexibility index (Phi) is 4.20. The molecule has 0 heterocycles. The Morgan fingerprint density at radius 3 is 2.00 bits per heavy atom. The molecule has 17 heavy (non-hydrogen) atoms. The molecule has 0 amide bonds. The second-order valence-electron chi connectivity index (χ2n) is 3.52. The van der Waals surface area contributed by atoms with Crippen molar-refractivity contribution in [1.82, 2.24) is 0 Å². The number of hydrogen-bond acceptors (Lipinski definition) is 5. The third-order valence-corrected chi connectivity index (χ3v) is 2.56. The summed E-state index contributed by atoms with van der Waals surface area (Å²) in [5, 5.41) is 9.72. The summed E-state index contributed by atoms with van der Waals surface area (Å²) in [5.74, 6) is -0.385. The number of benzene rings is 1. The predicted molar refractivity (Wildman–Crippen MR) is 61.6 cm³/mol. The average molecular weight is 240 g/mol. The van der Waals surface area contributed by atoms with Crippen molar-refractivity contribution in [3.8, 4) is 17.2 Å². The first kappa shape index (κ1) is 13.2. The number of rotatable bonds is 4. The Morgan fingerprint density at radius 1 is 1.18 bits per heavy atom. The first-order valence-corrected chi connectivity index (χ1v) is 5.07. The minimum atomic E-state index is -0.455. The minimum absolute atomic E-state index is 0.0872. The van der Waals surface area contributed by atoms with Gasteiger partial charge >= 0.3 is 5.97 Å². The van der Waals surface area contributed by atoms with Crippen molar-refractivity contribution in [2.75, 3.05) is 21.3 Å². The summed E-state index contributed by atoms with van der Waals surface area (Å²) in [6.07, 6.45) is 0. The molecule has 0 aromatic heterocycles. The van der Waals surface area contributed by atoms with Gasteiger partial charge in [0.15, 0.2) is 11.5 Å². The van der Waals surface area contributed by atoms with E-state index in [0.717, 1.165) is 0 Å².